The van der Waals surface area contributed by atoms with Gasteiger partial charge in [0.2, 0.25) is 5.95 Å². The average Bonchev–Trinajstić information content (AvgIpc) is 3.65. The smallest absolute Gasteiger partial charge is 0.306 e. The molecule has 14 heteroatoms. The van der Waals surface area contributed by atoms with Crippen LogP contribution in [0.4, 0.5) is 11.6 Å². The minimum absolute atomic E-state index is 0.0798. The standard InChI is InChI=1S/C31H27BrCl2N6O4S/c1-31(17-19-6-8-20(32)9-7-19)28(41)39(24-15-21(33)14-22(34)16-24)29-35-18-27(40(29)31)45(43,44)37-12-10-23(11-13-37)38-26-5-3-2-4-25(26)36-30(38)42/h2-9,14-16,18,23H,10-13,17H2,1H3,(H,36,42). The highest BCUT2D eigenvalue weighted by Gasteiger charge is 2.52. The second-order valence-electron chi connectivity index (χ2n) is 11.5. The van der Waals surface area contributed by atoms with Crippen molar-refractivity contribution in [2.45, 2.75) is 42.8 Å². The third-order valence-corrected chi connectivity index (χ3v) is 11.5. The molecule has 0 aliphatic carbocycles. The lowest BCUT2D eigenvalue weighted by Gasteiger charge is -2.33. The molecule has 1 unspecified atom stereocenters. The van der Waals surface area contributed by atoms with Crippen LogP contribution in [0.15, 0.2) is 87.2 Å². The van der Waals surface area contributed by atoms with E-state index in [9.17, 15) is 18.0 Å². The van der Waals surface area contributed by atoms with E-state index >= 15 is 0 Å². The number of piperidine rings is 1. The topological polar surface area (TPSA) is 113 Å². The highest BCUT2D eigenvalue weighted by atomic mass is 79.9. The van der Waals surface area contributed by atoms with Gasteiger partial charge < -0.3 is 4.98 Å². The van der Waals surface area contributed by atoms with E-state index in [1.54, 1.807) is 29.7 Å². The first-order valence-electron chi connectivity index (χ1n) is 14.3. The summed E-state index contributed by atoms with van der Waals surface area (Å²) >= 11 is 16.1. The predicted molar refractivity (Wildman–Crippen MR) is 177 cm³/mol. The van der Waals surface area contributed by atoms with Gasteiger partial charge in [-0.25, -0.2) is 23.1 Å². The van der Waals surface area contributed by atoms with Gasteiger partial charge in [0.05, 0.1) is 22.9 Å². The fourth-order valence-corrected chi connectivity index (χ4v) is 8.96. The van der Waals surface area contributed by atoms with Gasteiger partial charge in [0.1, 0.15) is 5.54 Å². The maximum absolute atomic E-state index is 14.3. The Morgan fingerprint density at radius 2 is 1.67 bits per heavy atom. The molecule has 0 saturated carbocycles. The van der Waals surface area contributed by atoms with Crippen LogP contribution in [0.2, 0.25) is 10.0 Å². The molecule has 1 fully saturated rings. The lowest BCUT2D eigenvalue weighted by Crippen LogP contribution is -2.44. The molecule has 0 radical (unpaired) electrons. The second-order valence-corrected chi connectivity index (χ2v) is 15.2. The van der Waals surface area contributed by atoms with Gasteiger partial charge in [0, 0.05) is 40.1 Å². The lowest BCUT2D eigenvalue weighted by atomic mass is 9.92. The Hall–Kier alpha value is -3.42. The SMILES string of the molecule is CC1(Cc2ccc(Br)cc2)C(=O)N(c2cc(Cl)cc(Cl)c2)c2ncc(S(=O)(=O)N3CCC(n4c(=O)[nH]c5ccccc54)CC3)n21. The first kappa shape index (κ1) is 30.2. The molecule has 2 aliphatic rings. The third kappa shape index (κ3) is 5.03. The summed E-state index contributed by atoms with van der Waals surface area (Å²) in [6, 6.07) is 19.6. The summed E-state index contributed by atoms with van der Waals surface area (Å²) in [7, 11) is -4.10. The number of rotatable bonds is 6. The molecular formula is C31H27BrCl2N6O4S. The number of hydrogen-bond acceptors (Lipinski definition) is 5. The van der Waals surface area contributed by atoms with Crippen LogP contribution in [0, 0.1) is 0 Å². The van der Waals surface area contributed by atoms with E-state index in [1.807, 2.05) is 48.5 Å². The van der Waals surface area contributed by atoms with Crippen LogP contribution in [0.5, 0.6) is 0 Å². The van der Waals surface area contributed by atoms with Crippen molar-refractivity contribution in [3.63, 3.8) is 0 Å². The quantitative estimate of drug-likeness (QED) is 0.222. The number of aromatic amines is 1. The molecule has 2 aromatic heterocycles. The van der Waals surface area contributed by atoms with Crippen LogP contribution < -0.4 is 10.6 Å². The summed E-state index contributed by atoms with van der Waals surface area (Å²) in [5.41, 5.74) is 1.21. The van der Waals surface area contributed by atoms with E-state index in [4.69, 9.17) is 23.2 Å². The molecule has 0 bridgehead atoms. The zero-order valence-electron chi connectivity index (χ0n) is 24.0. The van der Waals surface area contributed by atoms with E-state index in [-0.39, 0.29) is 48.1 Å². The number of hydrogen-bond donors (Lipinski definition) is 1. The Bertz CT molecular complexity index is 2120. The minimum Gasteiger partial charge on any atom is -0.306 e. The number of fused-ring (bicyclic) bond motifs is 2. The number of para-hydroxylation sites is 2. The predicted octanol–water partition coefficient (Wildman–Crippen LogP) is 6.26. The fraction of sp³-hybridized carbons (Fsp3) is 0.258. The van der Waals surface area contributed by atoms with Crippen molar-refractivity contribution in [3.8, 4) is 0 Å². The van der Waals surface area contributed by atoms with Gasteiger partial charge in [0.25, 0.3) is 15.9 Å². The molecule has 1 saturated heterocycles. The number of halogens is 3. The van der Waals surface area contributed by atoms with E-state index in [2.05, 4.69) is 25.9 Å². The van der Waals surface area contributed by atoms with Crippen molar-refractivity contribution in [1.29, 1.82) is 0 Å². The van der Waals surface area contributed by atoms with E-state index in [0.29, 0.717) is 28.6 Å². The molecule has 4 heterocycles. The van der Waals surface area contributed by atoms with Crippen LogP contribution in [0.25, 0.3) is 11.0 Å². The molecule has 232 valence electrons. The number of nitrogens with zero attached hydrogens (tertiary/aromatic N) is 5. The maximum Gasteiger partial charge on any atom is 0.326 e. The highest BCUT2D eigenvalue weighted by molar-refractivity contribution is 9.10. The van der Waals surface area contributed by atoms with E-state index in [1.165, 1.54) is 20.0 Å². The number of nitrogens with one attached hydrogen (secondary N) is 1. The summed E-state index contributed by atoms with van der Waals surface area (Å²) in [6.07, 6.45) is 2.42. The van der Waals surface area contributed by atoms with E-state index < -0.39 is 15.6 Å². The van der Waals surface area contributed by atoms with Crippen molar-refractivity contribution in [2.75, 3.05) is 18.0 Å². The van der Waals surface area contributed by atoms with Crippen molar-refractivity contribution in [1.82, 2.24) is 23.4 Å². The Balaban J connectivity index is 1.26. The van der Waals surface area contributed by atoms with Crippen molar-refractivity contribution >= 4 is 77.7 Å². The summed E-state index contributed by atoms with van der Waals surface area (Å²) in [5, 5.41) is 0.577. The molecular weight excluding hydrogens is 703 g/mol. The highest BCUT2D eigenvalue weighted by Crippen LogP contribution is 2.45. The van der Waals surface area contributed by atoms with Gasteiger partial charge in [0.15, 0.2) is 5.03 Å². The molecule has 0 spiro atoms. The van der Waals surface area contributed by atoms with Crippen LogP contribution in [0.1, 0.15) is 31.4 Å². The van der Waals surface area contributed by atoms with Gasteiger partial charge in [-0.05, 0) is 67.8 Å². The van der Waals surface area contributed by atoms with Crippen LogP contribution >= 0.6 is 39.1 Å². The maximum atomic E-state index is 14.3. The molecule has 1 atom stereocenters. The van der Waals surface area contributed by atoms with Crippen molar-refractivity contribution in [2.24, 2.45) is 0 Å². The van der Waals surface area contributed by atoms with Gasteiger partial charge in [-0.1, -0.05) is 63.4 Å². The molecule has 1 amide bonds. The number of aromatic nitrogens is 4. The number of imidazole rings is 2. The fourth-order valence-electron chi connectivity index (χ4n) is 6.52. The van der Waals surface area contributed by atoms with Crippen molar-refractivity contribution < 1.29 is 13.2 Å². The Morgan fingerprint density at radius 1 is 1.00 bits per heavy atom. The molecule has 5 aromatic rings. The van der Waals surface area contributed by atoms with E-state index in [0.717, 1.165) is 21.1 Å². The molecule has 3 aromatic carbocycles. The number of carbonyl (C=O) groups excluding carboxylic acids is 1. The zero-order valence-corrected chi connectivity index (χ0v) is 27.9. The van der Waals surface area contributed by atoms with Gasteiger partial charge >= 0.3 is 5.69 Å². The Labute approximate surface area is 277 Å². The number of sulfonamides is 1. The summed E-state index contributed by atoms with van der Waals surface area (Å²) in [6.45, 7) is 2.12. The molecule has 7 rings (SSSR count). The number of benzene rings is 3. The Kier molecular flexibility index (Phi) is 7.48. The van der Waals surface area contributed by atoms with Crippen LogP contribution in [0.3, 0.4) is 0 Å². The number of H-pyrrole nitrogens is 1. The number of carbonyl (C=O) groups is 1. The minimum atomic E-state index is -4.10. The monoisotopic (exact) mass is 728 g/mol. The van der Waals surface area contributed by atoms with Gasteiger partial charge in [-0.15, -0.1) is 0 Å². The first-order valence-corrected chi connectivity index (χ1v) is 17.3. The normalized spacial score (nSPS) is 19.5. The van der Waals surface area contributed by atoms with Crippen LogP contribution in [-0.4, -0.2) is 50.8 Å². The van der Waals surface area contributed by atoms with Gasteiger partial charge in [-0.2, -0.15) is 4.31 Å². The summed E-state index contributed by atoms with van der Waals surface area (Å²) in [5.74, 6) is -0.197. The molecule has 1 N–H and O–H groups in total. The zero-order chi connectivity index (χ0) is 31.7. The van der Waals surface area contributed by atoms with Crippen LogP contribution in [-0.2, 0) is 26.8 Å². The summed E-state index contributed by atoms with van der Waals surface area (Å²) < 4.78 is 34.2. The molecule has 45 heavy (non-hydrogen) atoms. The second kappa shape index (κ2) is 11.1. The largest absolute Gasteiger partial charge is 0.326 e. The van der Waals surface area contributed by atoms with Gasteiger partial charge in [-0.3, -0.25) is 13.9 Å². The molecule has 2 aliphatic heterocycles. The number of anilines is 2. The van der Waals surface area contributed by atoms with Crippen molar-refractivity contribution in [3.05, 3.63) is 103 Å². The average molecular weight is 730 g/mol. The Morgan fingerprint density at radius 3 is 2.36 bits per heavy atom. The third-order valence-electron chi connectivity index (χ3n) is 8.65. The first-order chi connectivity index (χ1) is 21.5. The molecule has 10 nitrogen and oxygen atoms in total. The summed E-state index contributed by atoms with van der Waals surface area (Å²) in [4.78, 5) is 35.9. The lowest BCUT2D eigenvalue weighted by molar-refractivity contribution is -0.124. The number of amides is 1.